The van der Waals surface area contributed by atoms with Crippen LogP contribution in [0.25, 0.3) is 10.9 Å². The van der Waals surface area contributed by atoms with E-state index in [2.05, 4.69) is 4.98 Å². The highest BCUT2D eigenvalue weighted by atomic mass is 19.1. The van der Waals surface area contributed by atoms with E-state index in [-0.39, 0.29) is 23.1 Å². The van der Waals surface area contributed by atoms with Gasteiger partial charge in [-0.1, -0.05) is 12.1 Å². The van der Waals surface area contributed by atoms with Crippen molar-refractivity contribution < 1.29 is 19.4 Å². The van der Waals surface area contributed by atoms with Crippen LogP contribution >= 0.6 is 0 Å². The fourth-order valence-electron chi connectivity index (χ4n) is 2.05. The molecule has 0 aliphatic heterocycles. The highest BCUT2D eigenvalue weighted by Crippen LogP contribution is 2.21. The van der Waals surface area contributed by atoms with E-state index in [1.807, 2.05) is 0 Å². The average Bonchev–Trinajstić information content (AvgIpc) is 2.39. The standard InChI is InChI=1S/C14H15FN2O3/c1-17(5-6-18)8-9-7-11(14(19)20)10-3-2-4-12(15)13(10)16-9/h2-4,7,18H,5-6,8H2,1H3,(H,19,20). The van der Waals surface area contributed by atoms with E-state index in [0.29, 0.717) is 18.8 Å². The molecule has 1 aromatic carbocycles. The summed E-state index contributed by atoms with van der Waals surface area (Å²) < 4.78 is 13.8. The fraction of sp³-hybridized carbons (Fsp3) is 0.286. The Bertz CT molecular complexity index is 646. The maximum Gasteiger partial charge on any atom is 0.336 e. The molecule has 0 fully saturated rings. The summed E-state index contributed by atoms with van der Waals surface area (Å²) in [5.41, 5.74) is 0.539. The van der Waals surface area contributed by atoms with E-state index >= 15 is 0 Å². The number of aromatic nitrogens is 1. The van der Waals surface area contributed by atoms with Crippen LogP contribution < -0.4 is 0 Å². The van der Waals surface area contributed by atoms with E-state index in [0.717, 1.165) is 0 Å². The van der Waals surface area contributed by atoms with Gasteiger partial charge in [-0.15, -0.1) is 0 Å². The van der Waals surface area contributed by atoms with Crippen LogP contribution in [0.15, 0.2) is 24.3 Å². The normalized spacial score (nSPS) is 11.2. The van der Waals surface area contributed by atoms with Crippen molar-refractivity contribution in [2.75, 3.05) is 20.2 Å². The van der Waals surface area contributed by atoms with Gasteiger partial charge >= 0.3 is 5.97 Å². The molecule has 2 aromatic rings. The minimum atomic E-state index is -1.12. The van der Waals surface area contributed by atoms with Crippen LogP contribution in [0.2, 0.25) is 0 Å². The van der Waals surface area contributed by atoms with Gasteiger partial charge in [0.05, 0.1) is 17.9 Å². The Balaban J connectivity index is 2.52. The molecule has 0 spiro atoms. The number of carboxylic acid groups (broad SMARTS) is 1. The van der Waals surface area contributed by atoms with Crippen LogP contribution in [0, 0.1) is 5.82 Å². The maximum absolute atomic E-state index is 13.8. The van der Waals surface area contributed by atoms with Crippen LogP contribution in [-0.2, 0) is 6.54 Å². The number of benzene rings is 1. The zero-order valence-electron chi connectivity index (χ0n) is 11.0. The van der Waals surface area contributed by atoms with Crippen molar-refractivity contribution in [3.8, 4) is 0 Å². The molecule has 1 heterocycles. The van der Waals surface area contributed by atoms with E-state index < -0.39 is 11.8 Å². The van der Waals surface area contributed by atoms with Crippen molar-refractivity contribution >= 4 is 16.9 Å². The highest BCUT2D eigenvalue weighted by Gasteiger charge is 2.14. The summed E-state index contributed by atoms with van der Waals surface area (Å²) in [5.74, 6) is -1.66. The minimum absolute atomic E-state index is 0.00969. The predicted octanol–water partition coefficient (Wildman–Crippen LogP) is 1.50. The first-order valence-electron chi connectivity index (χ1n) is 6.13. The van der Waals surface area contributed by atoms with Crippen molar-refractivity contribution in [1.82, 2.24) is 9.88 Å². The van der Waals surface area contributed by atoms with Crippen molar-refractivity contribution in [2.24, 2.45) is 0 Å². The smallest absolute Gasteiger partial charge is 0.336 e. The first kappa shape index (κ1) is 14.4. The average molecular weight is 278 g/mol. The second-order valence-corrected chi connectivity index (χ2v) is 4.56. The van der Waals surface area contributed by atoms with Gasteiger partial charge in [-0.05, 0) is 19.2 Å². The van der Waals surface area contributed by atoms with Crippen molar-refractivity contribution in [3.05, 3.63) is 41.3 Å². The monoisotopic (exact) mass is 278 g/mol. The Kier molecular flexibility index (Phi) is 4.26. The third kappa shape index (κ3) is 2.92. The Labute approximate surface area is 115 Å². The number of carbonyl (C=O) groups is 1. The van der Waals surface area contributed by atoms with Crippen LogP contribution in [-0.4, -0.2) is 46.3 Å². The van der Waals surface area contributed by atoms with E-state index in [1.165, 1.54) is 24.3 Å². The summed E-state index contributed by atoms with van der Waals surface area (Å²) >= 11 is 0. The van der Waals surface area contributed by atoms with Crippen LogP contribution in [0.3, 0.4) is 0 Å². The molecule has 0 amide bonds. The molecule has 6 heteroatoms. The zero-order valence-corrected chi connectivity index (χ0v) is 11.0. The molecule has 0 atom stereocenters. The van der Waals surface area contributed by atoms with Gasteiger partial charge < -0.3 is 10.2 Å². The summed E-state index contributed by atoms with van der Waals surface area (Å²) in [4.78, 5) is 17.2. The predicted molar refractivity (Wildman–Crippen MR) is 72.1 cm³/mol. The van der Waals surface area contributed by atoms with Gasteiger partial charge in [-0.2, -0.15) is 0 Å². The topological polar surface area (TPSA) is 73.7 Å². The lowest BCUT2D eigenvalue weighted by molar-refractivity contribution is 0.0698. The van der Waals surface area contributed by atoms with Crippen molar-refractivity contribution in [1.29, 1.82) is 0 Å². The van der Waals surface area contributed by atoms with E-state index in [4.69, 9.17) is 5.11 Å². The second-order valence-electron chi connectivity index (χ2n) is 4.56. The highest BCUT2D eigenvalue weighted by molar-refractivity contribution is 6.02. The lowest BCUT2D eigenvalue weighted by Gasteiger charge is -2.15. The first-order valence-corrected chi connectivity index (χ1v) is 6.13. The number of likely N-dealkylation sites (N-methyl/N-ethyl adjacent to an activating group) is 1. The molecule has 0 aliphatic rings. The van der Waals surface area contributed by atoms with Gasteiger partial charge in [0, 0.05) is 18.5 Å². The first-order chi connectivity index (χ1) is 9.52. The molecule has 0 radical (unpaired) electrons. The zero-order chi connectivity index (χ0) is 14.7. The molecule has 106 valence electrons. The molecule has 0 saturated heterocycles. The number of aliphatic hydroxyl groups excluding tert-OH is 1. The van der Waals surface area contributed by atoms with E-state index in [9.17, 15) is 14.3 Å². The Morgan fingerprint density at radius 1 is 1.45 bits per heavy atom. The summed E-state index contributed by atoms with van der Waals surface area (Å²) in [6, 6.07) is 5.69. The Morgan fingerprint density at radius 3 is 2.85 bits per heavy atom. The lowest BCUT2D eigenvalue weighted by Crippen LogP contribution is -2.22. The summed E-state index contributed by atoms with van der Waals surface area (Å²) in [6.45, 7) is 0.759. The third-order valence-corrected chi connectivity index (χ3v) is 2.99. The number of aliphatic hydroxyl groups is 1. The van der Waals surface area contributed by atoms with E-state index in [1.54, 1.807) is 11.9 Å². The molecular weight excluding hydrogens is 263 g/mol. The second kappa shape index (κ2) is 5.94. The largest absolute Gasteiger partial charge is 0.478 e. The molecule has 0 bridgehead atoms. The lowest BCUT2D eigenvalue weighted by atomic mass is 10.1. The minimum Gasteiger partial charge on any atom is -0.478 e. The number of fused-ring (bicyclic) bond motifs is 1. The van der Waals surface area contributed by atoms with Gasteiger partial charge in [0.1, 0.15) is 11.3 Å². The number of carboxylic acids is 1. The number of para-hydroxylation sites is 1. The molecule has 5 nitrogen and oxygen atoms in total. The van der Waals surface area contributed by atoms with Crippen LogP contribution in [0.1, 0.15) is 16.1 Å². The summed E-state index contributed by atoms with van der Waals surface area (Å²) in [5, 5.41) is 18.4. The number of aromatic carboxylic acids is 1. The van der Waals surface area contributed by atoms with Gasteiger partial charge in [-0.3, -0.25) is 4.90 Å². The van der Waals surface area contributed by atoms with Crippen LogP contribution in [0.4, 0.5) is 4.39 Å². The molecule has 0 unspecified atom stereocenters. The van der Waals surface area contributed by atoms with Gasteiger partial charge in [-0.25, -0.2) is 14.2 Å². The number of halogens is 1. The molecular formula is C14H15FN2O3. The van der Waals surface area contributed by atoms with Gasteiger partial charge in [0.15, 0.2) is 0 Å². The number of pyridine rings is 1. The molecule has 1 aromatic heterocycles. The third-order valence-electron chi connectivity index (χ3n) is 2.99. The number of nitrogens with zero attached hydrogens (tertiary/aromatic N) is 2. The molecule has 20 heavy (non-hydrogen) atoms. The molecule has 2 N–H and O–H groups in total. The van der Waals surface area contributed by atoms with Crippen LogP contribution in [0.5, 0.6) is 0 Å². The maximum atomic E-state index is 13.8. The molecule has 2 rings (SSSR count). The fourth-order valence-corrected chi connectivity index (χ4v) is 2.05. The quantitative estimate of drug-likeness (QED) is 0.867. The number of hydrogen-bond donors (Lipinski definition) is 2. The van der Waals surface area contributed by atoms with Gasteiger partial charge in [0.2, 0.25) is 0 Å². The summed E-state index contributed by atoms with van der Waals surface area (Å²) in [6.07, 6.45) is 0. The van der Waals surface area contributed by atoms with Gasteiger partial charge in [0.25, 0.3) is 0 Å². The van der Waals surface area contributed by atoms with Crippen molar-refractivity contribution in [3.63, 3.8) is 0 Å². The Hall–Kier alpha value is -2.05. The number of hydrogen-bond acceptors (Lipinski definition) is 4. The number of rotatable bonds is 5. The summed E-state index contributed by atoms with van der Waals surface area (Å²) in [7, 11) is 1.77. The van der Waals surface area contributed by atoms with Crippen molar-refractivity contribution in [2.45, 2.75) is 6.54 Å². The Morgan fingerprint density at radius 2 is 2.20 bits per heavy atom. The molecule has 0 aliphatic carbocycles. The SMILES string of the molecule is CN(CCO)Cc1cc(C(=O)O)c2cccc(F)c2n1. The molecule has 0 saturated carbocycles.